The zero-order valence-corrected chi connectivity index (χ0v) is 9.37. The third kappa shape index (κ3) is 3.33. The van der Waals surface area contributed by atoms with Crippen molar-refractivity contribution in [2.45, 2.75) is 38.0 Å². The minimum atomic E-state index is -4.28. The molecule has 1 rings (SSSR count). The zero-order valence-electron chi connectivity index (χ0n) is 9.37. The van der Waals surface area contributed by atoms with E-state index in [1.165, 1.54) is 11.8 Å². The van der Waals surface area contributed by atoms with Crippen molar-refractivity contribution < 1.29 is 18.3 Å². The molecule has 0 aromatic carbocycles. The number of aliphatic hydroxyl groups is 1. The molecule has 1 aliphatic rings. The Bertz CT molecular complexity index is 213. The third-order valence-corrected chi connectivity index (χ3v) is 3.13. The summed E-state index contributed by atoms with van der Waals surface area (Å²) in [6, 6.07) is -2.49. The quantitative estimate of drug-likeness (QED) is 0.772. The highest BCUT2D eigenvalue weighted by molar-refractivity contribution is 4.88. The fourth-order valence-electron chi connectivity index (χ4n) is 2.25. The number of hydrogen-bond acceptors (Lipinski definition) is 3. The van der Waals surface area contributed by atoms with E-state index in [2.05, 4.69) is 0 Å². The van der Waals surface area contributed by atoms with E-state index in [0.717, 1.165) is 0 Å². The predicted octanol–water partition coefficient (Wildman–Crippen LogP) is 0.969. The van der Waals surface area contributed by atoms with Gasteiger partial charge in [0, 0.05) is 12.6 Å². The molecule has 0 aliphatic carbocycles. The Kier molecular flexibility index (Phi) is 4.58. The number of rotatable bonds is 3. The Hall–Kier alpha value is -0.330. The minimum absolute atomic E-state index is 0.0582. The van der Waals surface area contributed by atoms with Crippen LogP contribution in [-0.4, -0.2) is 48.0 Å². The van der Waals surface area contributed by atoms with E-state index < -0.39 is 18.3 Å². The molecule has 0 bridgehead atoms. The monoisotopic (exact) mass is 240 g/mol. The maximum Gasteiger partial charge on any atom is 0.405 e. The molecule has 0 saturated carbocycles. The van der Waals surface area contributed by atoms with Crippen LogP contribution in [-0.2, 0) is 0 Å². The number of hydrogen-bond donors (Lipinski definition) is 2. The SMILES string of the molecule is CC(N)C(N1CCC(CO)CC1)C(F)(F)F. The summed E-state index contributed by atoms with van der Waals surface area (Å²) in [5.74, 6) is 0.137. The highest BCUT2D eigenvalue weighted by Crippen LogP contribution is 2.29. The van der Waals surface area contributed by atoms with Gasteiger partial charge in [0.05, 0.1) is 0 Å². The molecular formula is C10H19F3N2O. The molecule has 0 aromatic heterocycles. The lowest BCUT2D eigenvalue weighted by Gasteiger charge is -2.39. The molecule has 3 N–H and O–H groups in total. The molecule has 1 fully saturated rings. The van der Waals surface area contributed by atoms with Crippen molar-refractivity contribution in [1.82, 2.24) is 4.90 Å². The maximum absolute atomic E-state index is 12.8. The Balaban J connectivity index is 2.61. The molecule has 0 aromatic rings. The van der Waals surface area contributed by atoms with Crippen LogP contribution in [0, 0.1) is 5.92 Å². The normalized spacial score (nSPS) is 24.4. The summed E-state index contributed by atoms with van der Waals surface area (Å²) < 4.78 is 38.3. The minimum Gasteiger partial charge on any atom is -0.396 e. The molecule has 96 valence electrons. The van der Waals surface area contributed by atoms with Gasteiger partial charge in [-0.15, -0.1) is 0 Å². The van der Waals surface area contributed by atoms with Gasteiger partial charge in [0.25, 0.3) is 0 Å². The second kappa shape index (κ2) is 5.33. The average Bonchev–Trinajstić information content (AvgIpc) is 2.16. The molecule has 16 heavy (non-hydrogen) atoms. The number of nitrogens with two attached hydrogens (primary N) is 1. The van der Waals surface area contributed by atoms with Gasteiger partial charge >= 0.3 is 6.18 Å². The van der Waals surface area contributed by atoms with Gasteiger partial charge in [0.2, 0.25) is 0 Å². The standard InChI is InChI=1S/C10H19F3N2O/c1-7(14)9(10(11,12)13)15-4-2-8(6-16)3-5-15/h7-9,16H,2-6,14H2,1H3. The number of nitrogens with zero attached hydrogens (tertiary/aromatic N) is 1. The molecule has 0 spiro atoms. The molecule has 0 radical (unpaired) electrons. The van der Waals surface area contributed by atoms with E-state index >= 15 is 0 Å². The molecule has 2 unspecified atom stereocenters. The molecule has 1 saturated heterocycles. The van der Waals surface area contributed by atoms with Crippen molar-refractivity contribution in [3.05, 3.63) is 0 Å². The third-order valence-electron chi connectivity index (χ3n) is 3.13. The topological polar surface area (TPSA) is 49.5 Å². The van der Waals surface area contributed by atoms with Crippen LogP contribution in [0.25, 0.3) is 0 Å². The lowest BCUT2D eigenvalue weighted by molar-refractivity contribution is -0.191. The van der Waals surface area contributed by atoms with Crippen molar-refractivity contribution in [1.29, 1.82) is 0 Å². The summed E-state index contributed by atoms with van der Waals surface area (Å²) in [5, 5.41) is 8.92. The van der Waals surface area contributed by atoms with Gasteiger partial charge < -0.3 is 10.8 Å². The molecule has 6 heteroatoms. The summed E-state index contributed by atoms with van der Waals surface area (Å²) in [7, 11) is 0. The lowest BCUT2D eigenvalue weighted by atomic mass is 9.95. The van der Waals surface area contributed by atoms with E-state index in [4.69, 9.17) is 10.8 Å². The highest BCUT2D eigenvalue weighted by atomic mass is 19.4. The van der Waals surface area contributed by atoms with Crippen LogP contribution < -0.4 is 5.73 Å². The smallest absolute Gasteiger partial charge is 0.396 e. The van der Waals surface area contributed by atoms with Crippen LogP contribution in [0.2, 0.25) is 0 Å². The first-order valence-corrected chi connectivity index (χ1v) is 5.53. The molecule has 1 heterocycles. The summed E-state index contributed by atoms with van der Waals surface area (Å²) >= 11 is 0. The van der Waals surface area contributed by atoms with Gasteiger partial charge in [-0.3, -0.25) is 4.90 Å². The second-order valence-electron chi connectivity index (χ2n) is 4.51. The van der Waals surface area contributed by atoms with E-state index in [1.54, 1.807) is 0 Å². The van der Waals surface area contributed by atoms with Crippen molar-refractivity contribution in [3.63, 3.8) is 0 Å². The largest absolute Gasteiger partial charge is 0.405 e. The number of halogens is 3. The Morgan fingerprint density at radius 2 is 1.88 bits per heavy atom. The highest BCUT2D eigenvalue weighted by Gasteiger charge is 2.46. The van der Waals surface area contributed by atoms with Gasteiger partial charge in [-0.05, 0) is 38.8 Å². The number of aliphatic hydroxyl groups excluding tert-OH is 1. The Morgan fingerprint density at radius 1 is 1.38 bits per heavy atom. The molecule has 2 atom stereocenters. The average molecular weight is 240 g/mol. The van der Waals surface area contributed by atoms with Gasteiger partial charge in [-0.25, -0.2) is 0 Å². The molecule has 3 nitrogen and oxygen atoms in total. The maximum atomic E-state index is 12.8. The van der Waals surface area contributed by atoms with Crippen molar-refractivity contribution in [2.75, 3.05) is 19.7 Å². The summed E-state index contributed by atoms with van der Waals surface area (Å²) in [5.41, 5.74) is 5.41. The van der Waals surface area contributed by atoms with Crippen molar-refractivity contribution >= 4 is 0 Å². The number of alkyl halides is 3. The number of likely N-dealkylation sites (tertiary alicyclic amines) is 1. The first kappa shape index (κ1) is 13.7. The van der Waals surface area contributed by atoms with Crippen LogP contribution in [0.1, 0.15) is 19.8 Å². The van der Waals surface area contributed by atoms with Crippen LogP contribution in [0.4, 0.5) is 13.2 Å². The lowest BCUT2D eigenvalue weighted by Crippen LogP contribution is -2.57. The van der Waals surface area contributed by atoms with Crippen molar-refractivity contribution in [3.8, 4) is 0 Å². The fraction of sp³-hybridized carbons (Fsp3) is 1.00. The summed E-state index contributed by atoms with van der Waals surface area (Å²) in [6.45, 7) is 2.16. The van der Waals surface area contributed by atoms with Crippen LogP contribution in [0.3, 0.4) is 0 Å². The summed E-state index contributed by atoms with van der Waals surface area (Å²) in [6.07, 6.45) is -3.06. The Labute approximate surface area is 93.4 Å². The van der Waals surface area contributed by atoms with Gasteiger partial charge in [-0.2, -0.15) is 13.2 Å². The predicted molar refractivity (Wildman–Crippen MR) is 54.9 cm³/mol. The van der Waals surface area contributed by atoms with E-state index in [1.807, 2.05) is 0 Å². The molecule has 1 aliphatic heterocycles. The van der Waals surface area contributed by atoms with Crippen LogP contribution >= 0.6 is 0 Å². The summed E-state index contributed by atoms with van der Waals surface area (Å²) in [4.78, 5) is 1.39. The van der Waals surface area contributed by atoms with Gasteiger partial charge in [0.1, 0.15) is 6.04 Å². The first-order valence-electron chi connectivity index (χ1n) is 5.53. The van der Waals surface area contributed by atoms with E-state index in [0.29, 0.717) is 25.9 Å². The zero-order chi connectivity index (χ0) is 12.3. The molecule has 0 amide bonds. The van der Waals surface area contributed by atoms with Crippen LogP contribution in [0.5, 0.6) is 0 Å². The van der Waals surface area contributed by atoms with Gasteiger partial charge in [0.15, 0.2) is 0 Å². The van der Waals surface area contributed by atoms with Crippen molar-refractivity contribution in [2.24, 2.45) is 11.7 Å². The van der Waals surface area contributed by atoms with E-state index in [9.17, 15) is 13.2 Å². The van der Waals surface area contributed by atoms with E-state index in [-0.39, 0.29) is 12.5 Å². The van der Waals surface area contributed by atoms with Crippen LogP contribution in [0.15, 0.2) is 0 Å². The molecular weight excluding hydrogens is 221 g/mol. The second-order valence-corrected chi connectivity index (χ2v) is 4.51. The first-order chi connectivity index (χ1) is 7.36. The number of piperidine rings is 1. The Morgan fingerprint density at radius 3 is 2.19 bits per heavy atom. The fourth-order valence-corrected chi connectivity index (χ4v) is 2.25. The van der Waals surface area contributed by atoms with Gasteiger partial charge in [-0.1, -0.05) is 0 Å².